The van der Waals surface area contributed by atoms with Crippen LogP contribution in [0.1, 0.15) is 5.56 Å². The fourth-order valence-corrected chi connectivity index (χ4v) is 6.23. The number of nitrogens with zero attached hydrogens (tertiary/aromatic N) is 3. The zero-order valence-electron chi connectivity index (χ0n) is 25.4. The molecule has 0 aliphatic heterocycles. The van der Waals surface area contributed by atoms with Crippen LogP contribution in [0.15, 0.2) is 174 Å². The van der Waals surface area contributed by atoms with Gasteiger partial charge in [0.2, 0.25) is 0 Å². The SMILES string of the molecule is C=C1C=C=C/C1=C/C(=NC)c1ccc(-c2nc(-c3ccc4ccccc4c3)cc(-c3cc4ccccc4c4ccccc34)n2)cc1. The van der Waals surface area contributed by atoms with E-state index in [0.29, 0.717) is 5.82 Å². The van der Waals surface area contributed by atoms with E-state index in [1.165, 1.54) is 32.3 Å². The lowest BCUT2D eigenvalue weighted by Gasteiger charge is -2.14. The number of hydrogen-bond donors (Lipinski definition) is 0. The van der Waals surface area contributed by atoms with Gasteiger partial charge in [0.05, 0.1) is 17.1 Å². The average molecular weight is 588 g/mol. The van der Waals surface area contributed by atoms with Gasteiger partial charge in [-0.15, -0.1) is 5.73 Å². The molecule has 0 fully saturated rings. The Bertz CT molecular complexity index is 2470. The molecule has 1 aliphatic rings. The first kappa shape index (κ1) is 27.4. The van der Waals surface area contributed by atoms with Crippen molar-refractivity contribution in [3.05, 3.63) is 175 Å². The molecule has 8 rings (SSSR count). The molecule has 46 heavy (non-hydrogen) atoms. The van der Waals surface area contributed by atoms with Gasteiger partial charge < -0.3 is 0 Å². The third-order valence-corrected chi connectivity index (χ3v) is 8.65. The van der Waals surface area contributed by atoms with Gasteiger partial charge in [-0.1, -0.05) is 116 Å². The van der Waals surface area contributed by atoms with Crippen molar-refractivity contribution in [3.8, 4) is 33.9 Å². The van der Waals surface area contributed by atoms with Gasteiger partial charge in [-0.25, -0.2) is 9.97 Å². The maximum absolute atomic E-state index is 5.22. The first-order valence-electron chi connectivity index (χ1n) is 15.3. The van der Waals surface area contributed by atoms with Crippen LogP contribution >= 0.6 is 0 Å². The fraction of sp³-hybridized carbons (Fsp3) is 0.0233. The number of rotatable bonds is 5. The lowest BCUT2D eigenvalue weighted by molar-refractivity contribution is 1.19. The molecule has 0 spiro atoms. The zero-order chi connectivity index (χ0) is 31.0. The van der Waals surface area contributed by atoms with Gasteiger partial charge in [-0.3, -0.25) is 4.99 Å². The van der Waals surface area contributed by atoms with E-state index in [1.807, 2.05) is 25.3 Å². The predicted molar refractivity (Wildman–Crippen MR) is 193 cm³/mol. The fourth-order valence-electron chi connectivity index (χ4n) is 6.23. The second-order valence-corrected chi connectivity index (χ2v) is 11.5. The van der Waals surface area contributed by atoms with Crippen LogP contribution < -0.4 is 0 Å². The Morgan fingerprint density at radius 2 is 1.30 bits per heavy atom. The first-order chi connectivity index (χ1) is 22.6. The van der Waals surface area contributed by atoms with Crippen LogP contribution in [0.2, 0.25) is 0 Å². The molecule has 0 saturated carbocycles. The Morgan fingerprint density at radius 3 is 2.07 bits per heavy atom. The summed E-state index contributed by atoms with van der Waals surface area (Å²) in [5, 5.41) is 7.17. The number of hydrogen-bond acceptors (Lipinski definition) is 3. The molecule has 1 heterocycles. The minimum absolute atomic E-state index is 0.675. The van der Waals surface area contributed by atoms with Gasteiger partial charge in [0.1, 0.15) is 0 Å². The molecule has 216 valence electrons. The van der Waals surface area contributed by atoms with E-state index >= 15 is 0 Å². The molecule has 0 unspecified atom stereocenters. The van der Waals surface area contributed by atoms with Crippen molar-refractivity contribution in [1.82, 2.24) is 9.97 Å². The summed E-state index contributed by atoms with van der Waals surface area (Å²) in [5.41, 5.74) is 11.8. The molecular formula is C43H29N3. The summed E-state index contributed by atoms with van der Waals surface area (Å²) in [7, 11) is 1.81. The Labute approximate surface area is 268 Å². The average Bonchev–Trinajstić information content (AvgIpc) is 3.53. The number of aliphatic imine (C=N–C) groups is 1. The number of allylic oxidation sites excluding steroid dienone is 4. The largest absolute Gasteiger partial charge is 0.288 e. The Hall–Kier alpha value is -6.15. The van der Waals surface area contributed by atoms with Gasteiger partial charge in [0.15, 0.2) is 5.82 Å². The lowest BCUT2D eigenvalue weighted by atomic mass is 9.94. The Kier molecular flexibility index (Phi) is 6.80. The summed E-state index contributed by atoms with van der Waals surface area (Å²) >= 11 is 0. The summed E-state index contributed by atoms with van der Waals surface area (Å²) in [5.74, 6) is 0.675. The highest BCUT2D eigenvalue weighted by atomic mass is 14.9. The highest BCUT2D eigenvalue weighted by molar-refractivity contribution is 6.13. The minimum atomic E-state index is 0.675. The van der Waals surface area contributed by atoms with Crippen molar-refractivity contribution >= 4 is 38.0 Å². The highest BCUT2D eigenvalue weighted by Crippen LogP contribution is 2.36. The second kappa shape index (κ2) is 11.4. The number of fused-ring (bicyclic) bond motifs is 4. The first-order valence-corrected chi connectivity index (χ1v) is 15.3. The lowest BCUT2D eigenvalue weighted by Crippen LogP contribution is -2.00. The van der Waals surface area contributed by atoms with E-state index in [4.69, 9.17) is 9.97 Å². The van der Waals surface area contributed by atoms with E-state index in [2.05, 4.69) is 145 Å². The normalized spacial score (nSPS) is 13.9. The van der Waals surface area contributed by atoms with Crippen LogP contribution in [0.25, 0.3) is 66.2 Å². The maximum atomic E-state index is 5.22. The third kappa shape index (κ3) is 4.95. The zero-order valence-corrected chi connectivity index (χ0v) is 25.4. The molecule has 3 heteroatoms. The van der Waals surface area contributed by atoms with Crippen molar-refractivity contribution < 1.29 is 0 Å². The van der Waals surface area contributed by atoms with Gasteiger partial charge in [-0.2, -0.15) is 0 Å². The topological polar surface area (TPSA) is 38.1 Å². The minimum Gasteiger partial charge on any atom is -0.288 e. The molecular weight excluding hydrogens is 558 g/mol. The van der Waals surface area contributed by atoms with Gasteiger partial charge in [-0.05, 0) is 85.5 Å². The quantitative estimate of drug-likeness (QED) is 0.114. The molecule has 3 nitrogen and oxygen atoms in total. The number of benzene rings is 6. The van der Waals surface area contributed by atoms with Crippen molar-refractivity contribution in [2.75, 3.05) is 7.05 Å². The molecule has 7 aromatic rings. The van der Waals surface area contributed by atoms with Crippen LogP contribution in [-0.2, 0) is 0 Å². The Morgan fingerprint density at radius 1 is 0.630 bits per heavy atom. The summed E-state index contributed by atoms with van der Waals surface area (Å²) in [6, 6.07) is 44.8. The number of aromatic nitrogens is 2. The van der Waals surface area contributed by atoms with E-state index < -0.39 is 0 Å². The van der Waals surface area contributed by atoms with Gasteiger partial charge in [0, 0.05) is 23.7 Å². The molecule has 0 amide bonds. The monoisotopic (exact) mass is 587 g/mol. The van der Waals surface area contributed by atoms with E-state index in [-0.39, 0.29) is 0 Å². The van der Waals surface area contributed by atoms with E-state index in [0.717, 1.165) is 50.5 Å². The standard InChI is InChI=1S/C43H29N3/c1-28-10-9-14-32(28)26-40(44-2)30-19-21-31(22-20-30)43-45-41(35-23-18-29-11-3-4-12-33(29)24-35)27-42(46-43)39-25-34-13-5-6-15-36(34)37-16-7-8-17-38(37)39/h3-8,10-27H,1H2,2H3/b32-26-,44-40?. The van der Waals surface area contributed by atoms with Crippen molar-refractivity contribution in [3.63, 3.8) is 0 Å². The Balaban J connectivity index is 1.30. The van der Waals surface area contributed by atoms with E-state index in [1.54, 1.807) is 0 Å². The maximum Gasteiger partial charge on any atom is 0.160 e. The molecule has 6 aromatic carbocycles. The summed E-state index contributed by atoms with van der Waals surface area (Å²) < 4.78 is 0. The predicted octanol–water partition coefficient (Wildman–Crippen LogP) is 10.6. The summed E-state index contributed by atoms with van der Waals surface area (Å²) in [6.45, 7) is 4.10. The van der Waals surface area contributed by atoms with E-state index in [9.17, 15) is 0 Å². The van der Waals surface area contributed by atoms with Crippen LogP contribution in [0.4, 0.5) is 0 Å². The molecule has 1 aliphatic carbocycles. The molecule has 0 atom stereocenters. The van der Waals surface area contributed by atoms with Crippen LogP contribution in [0, 0.1) is 0 Å². The van der Waals surface area contributed by atoms with Crippen molar-refractivity contribution in [2.45, 2.75) is 0 Å². The second-order valence-electron chi connectivity index (χ2n) is 11.5. The highest BCUT2D eigenvalue weighted by Gasteiger charge is 2.15. The summed E-state index contributed by atoms with van der Waals surface area (Å²) in [4.78, 5) is 14.9. The van der Waals surface area contributed by atoms with Crippen LogP contribution in [0.3, 0.4) is 0 Å². The molecule has 0 saturated heterocycles. The van der Waals surface area contributed by atoms with Crippen molar-refractivity contribution in [2.24, 2.45) is 4.99 Å². The van der Waals surface area contributed by atoms with Crippen LogP contribution in [-0.4, -0.2) is 22.7 Å². The molecule has 0 bridgehead atoms. The van der Waals surface area contributed by atoms with Crippen LogP contribution in [0.5, 0.6) is 0 Å². The van der Waals surface area contributed by atoms with Gasteiger partial charge >= 0.3 is 0 Å². The smallest absolute Gasteiger partial charge is 0.160 e. The molecule has 1 aromatic heterocycles. The molecule has 0 radical (unpaired) electrons. The molecule has 0 N–H and O–H groups in total. The van der Waals surface area contributed by atoms with Crippen molar-refractivity contribution in [1.29, 1.82) is 0 Å². The summed E-state index contributed by atoms with van der Waals surface area (Å²) in [6.07, 6.45) is 5.87. The van der Waals surface area contributed by atoms with Gasteiger partial charge in [0.25, 0.3) is 0 Å². The third-order valence-electron chi connectivity index (χ3n) is 8.65.